The summed E-state index contributed by atoms with van der Waals surface area (Å²) in [6.45, 7) is 2.21. The van der Waals surface area contributed by atoms with Gasteiger partial charge >= 0.3 is 0 Å². The Kier molecular flexibility index (Phi) is 8.30. The van der Waals surface area contributed by atoms with Gasteiger partial charge in [0.05, 0.1) is 27.9 Å². The van der Waals surface area contributed by atoms with Gasteiger partial charge < -0.3 is 9.47 Å². The van der Waals surface area contributed by atoms with Crippen LogP contribution in [0.5, 0.6) is 11.5 Å². The average Bonchev–Trinajstić information content (AvgIpc) is 3.24. The van der Waals surface area contributed by atoms with Crippen LogP contribution in [0.25, 0.3) is 6.08 Å². The molecule has 0 saturated carbocycles. The van der Waals surface area contributed by atoms with Crippen molar-refractivity contribution in [1.29, 1.82) is 0 Å². The molecule has 39 heavy (non-hydrogen) atoms. The molecule has 0 spiro atoms. The van der Waals surface area contributed by atoms with Gasteiger partial charge in [-0.15, -0.1) is 0 Å². The Morgan fingerprint density at radius 2 is 1.64 bits per heavy atom. The summed E-state index contributed by atoms with van der Waals surface area (Å²) in [6.07, 6.45) is 1.76. The van der Waals surface area contributed by atoms with E-state index in [9.17, 15) is 9.18 Å². The molecule has 1 aliphatic rings. The highest BCUT2D eigenvalue weighted by Gasteiger charge is 2.34. The Morgan fingerprint density at radius 1 is 0.949 bits per heavy atom. The maximum absolute atomic E-state index is 14.1. The Labute approximate surface area is 235 Å². The molecular formula is C31H24ClFN2O3S. The third-order valence-electron chi connectivity index (χ3n) is 5.76. The van der Waals surface area contributed by atoms with E-state index in [2.05, 4.69) is 0 Å². The first-order chi connectivity index (χ1) is 19.0. The third kappa shape index (κ3) is 6.16. The van der Waals surface area contributed by atoms with Crippen LogP contribution >= 0.6 is 23.4 Å². The van der Waals surface area contributed by atoms with Crippen molar-refractivity contribution in [1.82, 2.24) is 0 Å². The van der Waals surface area contributed by atoms with Crippen LogP contribution in [0.2, 0.25) is 5.02 Å². The normalized spacial score (nSPS) is 15.3. The van der Waals surface area contributed by atoms with Crippen LogP contribution in [0.3, 0.4) is 0 Å². The fourth-order valence-electron chi connectivity index (χ4n) is 3.96. The topological polar surface area (TPSA) is 51.1 Å². The lowest BCUT2D eigenvalue weighted by atomic mass is 10.1. The summed E-state index contributed by atoms with van der Waals surface area (Å²) in [7, 11) is 0. The van der Waals surface area contributed by atoms with Crippen LogP contribution in [-0.2, 0) is 11.4 Å². The first kappa shape index (κ1) is 26.5. The van der Waals surface area contributed by atoms with Crippen molar-refractivity contribution in [2.75, 3.05) is 11.5 Å². The molecule has 0 atom stereocenters. The Bertz CT molecular complexity index is 1540. The van der Waals surface area contributed by atoms with E-state index in [0.717, 1.165) is 11.4 Å². The molecule has 1 aliphatic heterocycles. The SMILES string of the molecule is CCOc1cc(/C=C2/SC(=Nc3ccccc3)N(c3ccccc3)C2=O)cc(Cl)c1OCc1ccccc1F. The van der Waals surface area contributed by atoms with E-state index in [0.29, 0.717) is 39.3 Å². The first-order valence-corrected chi connectivity index (χ1v) is 13.5. The third-order valence-corrected chi connectivity index (χ3v) is 7.01. The van der Waals surface area contributed by atoms with Gasteiger partial charge in [-0.1, -0.05) is 66.2 Å². The molecule has 5 rings (SSSR count). The Hall–Kier alpha value is -4.07. The van der Waals surface area contributed by atoms with Gasteiger partial charge in [-0.05, 0) is 72.8 Å². The summed E-state index contributed by atoms with van der Waals surface area (Å²) >= 11 is 7.89. The average molecular weight is 559 g/mol. The molecule has 196 valence electrons. The number of para-hydroxylation sites is 2. The van der Waals surface area contributed by atoms with Gasteiger partial charge in [-0.2, -0.15) is 0 Å². The number of thioether (sulfide) groups is 1. The Morgan fingerprint density at radius 3 is 2.36 bits per heavy atom. The van der Waals surface area contributed by atoms with Crippen LogP contribution in [0, 0.1) is 5.82 Å². The number of amidine groups is 1. The fourth-order valence-corrected chi connectivity index (χ4v) is 5.23. The van der Waals surface area contributed by atoms with Gasteiger partial charge in [0.15, 0.2) is 16.7 Å². The van der Waals surface area contributed by atoms with Crippen LogP contribution in [-0.4, -0.2) is 17.7 Å². The maximum atomic E-state index is 14.1. The molecule has 0 unspecified atom stereocenters. The molecule has 0 radical (unpaired) electrons. The molecule has 0 aliphatic carbocycles. The van der Waals surface area contributed by atoms with Crippen LogP contribution in [0.1, 0.15) is 18.1 Å². The lowest BCUT2D eigenvalue weighted by Gasteiger charge is -2.15. The van der Waals surface area contributed by atoms with Crippen molar-refractivity contribution in [2.24, 2.45) is 4.99 Å². The number of carbonyl (C=O) groups is 1. The number of nitrogens with zero attached hydrogens (tertiary/aromatic N) is 2. The molecule has 0 aromatic heterocycles. The van der Waals surface area contributed by atoms with E-state index in [1.807, 2.05) is 67.6 Å². The van der Waals surface area contributed by atoms with E-state index in [4.69, 9.17) is 26.1 Å². The van der Waals surface area contributed by atoms with E-state index < -0.39 is 0 Å². The second-order valence-corrected chi connectivity index (χ2v) is 9.88. The van der Waals surface area contributed by atoms with Crippen LogP contribution in [0.15, 0.2) is 107 Å². The van der Waals surface area contributed by atoms with Crippen LogP contribution in [0.4, 0.5) is 15.8 Å². The standard InChI is InChI=1S/C31H24ClFN2O3S/c1-2-37-27-18-21(17-25(32)29(27)38-20-22-11-9-10-16-26(22)33)19-28-30(36)35(24-14-7-4-8-15-24)31(39-28)34-23-12-5-3-6-13-23/h3-19H,2,20H2,1H3/b28-19+,34-31?. The zero-order chi connectivity index (χ0) is 27.2. The van der Waals surface area contributed by atoms with Gasteiger partial charge in [-0.25, -0.2) is 9.38 Å². The number of hydrogen-bond donors (Lipinski definition) is 0. The summed E-state index contributed by atoms with van der Waals surface area (Å²) in [5.41, 5.74) is 2.53. The van der Waals surface area contributed by atoms with Gasteiger partial charge in [0.1, 0.15) is 12.4 Å². The molecular weight excluding hydrogens is 535 g/mol. The molecule has 1 heterocycles. The largest absolute Gasteiger partial charge is 0.490 e. The minimum atomic E-state index is -0.361. The molecule has 1 fully saturated rings. The molecule has 1 saturated heterocycles. The summed E-state index contributed by atoms with van der Waals surface area (Å²) in [4.78, 5) is 20.4. The van der Waals surface area contributed by atoms with Crippen LogP contribution < -0.4 is 14.4 Å². The molecule has 1 amide bonds. The smallest absolute Gasteiger partial charge is 0.271 e. The minimum Gasteiger partial charge on any atom is -0.490 e. The number of rotatable bonds is 8. The highest BCUT2D eigenvalue weighted by Crippen LogP contribution is 2.41. The van der Waals surface area contributed by atoms with Gasteiger partial charge in [0, 0.05) is 5.56 Å². The summed E-state index contributed by atoms with van der Waals surface area (Å²) in [5, 5.41) is 0.835. The van der Waals surface area contributed by atoms with Gasteiger partial charge in [0.25, 0.3) is 5.91 Å². The van der Waals surface area contributed by atoms with E-state index in [1.165, 1.54) is 17.8 Å². The fraction of sp³-hybridized carbons (Fsp3) is 0.0968. The lowest BCUT2D eigenvalue weighted by molar-refractivity contribution is -0.113. The summed E-state index contributed by atoms with van der Waals surface area (Å²) in [5.74, 6) is 0.156. The zero-order valence-corrected chi connectivity index (χ0v) is 22.6. The number of ether oxygens (including phenoxy) is 2. The van der Waals surface area contributed by atoms with Crippen molar-refractivity contribution in [3.63, 3.8) is 0 Å². The number of hydrogen-bond acceptors (Lipinski definition) is 5. The molecule has 0 bridgehead atoms. The highest BCUT2D eigenvalue weighted by molar-refractivity contribution is 8.19. The number of halogens is 2. The predicted octanol–water partition coefficient (Wildman–Crippen LogP) is 8.27. The molecule has 0 N–H and O–H groups in total. The molecule has 4 aromatic rings. The molecule has 5 nitrogen and oxygen atoms in total. The van der Waals surface area contributed by atoms with E-state index >= 15 is 0 Å². The van der Waals surface area contributed by atoms with Crippen molar-refractivity contribution in [2.45, 2.75) is 13.5 Å². The Balaban J connectivity index is 1.48. The number of aliphatic imine (C=N–C) groups is 1. The quantitative estimate of drug-likeness (QED) is 0.204. The van der Waals surface area contributed by atoms with Gasteiger partial charge in [0.2, 0.25) is 0 Å². The van der Waals surface area contributed by atoms with Crippen molar-refractivity contribution in [3.8, 4) is 11.5 Å². The number of amides is 1. The van der Waals surface area contributed by atoms with Crippen molar-refractivity contribution < 1.29 is 18.7 Å². The molecule has 8 heteroatoms. The van der Waals surface area contributed by atoms with E-state index in [1.54, 1.807) is 41.3 Å². The van der Waals surface area contributed by atoms with E-state index in [-0.39, 0.29) is 23.4 Å². The van der Waals surface area contributed by atoms with Crippen molar-refractivity contribution in [3.05, 3.63) is 124 Å². The number of anilines is 1. The van der Waals surface area contributed by atoms with Gasteiger partial charge in [-0.3, -0.25) is 9.69 Å². The van der Waals surface area contributed by atoms with Crippen molar-refractivity contribution >= 4 is 51.9 Å². The first-order valence-electron chi connectivity index (χ1n) is 12.3. The lowest BCUT2D eigenvalue weighted by Crippen LogP contribution is -2.28. The maximum Gasteiger partial charge on any atom is 0.271 e. The highest BCUT2D eigenvalue weighted by atomic mass is 35.5. The minimum absolute atomic E-state index is 0.00735. The molecule has 4 aromatic carbocycles. The summed E-state index contributed by atoms with van der Waals surface area (Å²) < 4.78 is 25.8. The monoisotopic (exact) mass is 558 g/mol. The number of benzene rings is 4. The predicted molar refractivity (Wildman–Crippen MR) is 156 cm³/mol. The zero-order valence-electron chi connectivity index (χ0n) is 21.0. The second kappa shape index (κ2) is 12.2. The number of carbonyl (C=O) groups excluding carboxylic acids is 1. The summed E-state index contributed by atoms with van der Waals surface area (Å²) in [6, 6.07) is 28.7. The second-order valence-electron chi connectivity index (χ2n) is 8.46.